The molecule has 2 amide bonds. The van der Waals surface area contributed by atoms with Crippen LogP contribution < -0.4 is 5.32 Å². The van der Waals surface area contributed by atoms with E-state index in [1.54, 1.807) is 12.1 Å². The number of halogens is 3. The summed E-state index contributed by atoms with van der Waals surface area (Å²) in [5, 5.41) is 4.55. The van der Waals surface area contributed by atoms with Gasteiger partial charge in [-0.25, -0.2) is 0 Å². The van der Waals surface area contributed by atoms with Crippen molar-refractivity contribution in [2.75, 3.05) is 18.9 Å². The van der Waals surface area contributed by atoms with Gasteiger partial charge in [-0.1, -0.05) is 42.5 Å². The molecule has 28 heavy (non-hydrogen) atoms. The smallest absolute Gasteiger partial charge is 0.332 e. The van der Waals surface area contributed by atoms with Crippen molar-refractivity contribution < 1.29 is 22.8 Å². The molecule has 0 unspecified atom stereocenters. The Bertz CT molecular complexity index is 1030. The summed E-state index contributed by atoms with van der Waals surface area (Å²) in [6.45, 7) is -0.293. The highest BCUT2D eigenvalue weighted by molar-refractivity contribution is 6.04. The lowest BCUT2D eigenvalue weighted by Crippen LogP contribution is -2.35. The molecule has 0 saturated carbocycles. The number of carbonyl (C=O) groups is 2. The van der Waals surface area contributed by atoms with E-state index in [-0.39, 0.29) is 12.1 Å². The summed E-state index contributed by atoms with van der Waals surface area (Å²) in [6.07, 6.45) is -4.54. The van der Waals surface area contributed by atoms with Crippen molar-refractivity contribution in [2.24, 2.45) is 0 Å². The summed E-state index contributed by atoms with van der Waals surface area (Å²) in [4.78, 5) is 25.8. The van der Waals surface area contributed by atoms with Gasteiger partial charge in [-0.2, -0.15) is 13.2 Å². The molecule has 1 N–H and O–H groups in total. The summed E-state index contributed by atoms with van der Waals surface area (Å²) in [5.41, 5.74) is -0.440. The van der Waals surface area contributed by atoms with E-state index in [4.69, 9.17) is 0 Å². The second-order valence-corrected chi connectivity index (χ2v) is 6.31. The molecule has 0 heterocycles. The Hall–Kier alpha value is -3.35. The maximum absolute atomic E-state index is 12.8. The largest absolute Gasteiger partial charge is 0.416 e. The number of carbonyl (C=O) groups excluding carboxylic acids is 2. The maximum atomic E-state index is 12.8. The SMILES string of the molecule is CN(CC(=O)Nc1cccc2ccccc12)C(=O)c1cccc(C(F)(F)F)c1. The monoisotopic (exact) mass is 386 g/mol. The minimum atomic E-state index is -4.54. The maximum Gasteiger partial charge on any atom is 0.416 e. The van der Waals surface area contributed by atoms with Crippen LogP contribution in [0.1, 0.15) is 15.9 Å². The van der Waals surface area contributed by atoms with Crippen LogP contribution in [-0.4, -0.2) is 30.3 Å². The minimum absolute atomic E-state index is 0.129. The number of anilines is 1. The molecule has 0 aliphatic heterocycles. The Balaban J connectivity index is 1.71. The van der Waals surface area contributed by atoms with Gasteiger partial charge in [0.25, 0.3) is 5.91 Å². The van der Waals surface area contributed by atoms with Gasteiger partial charge in [-0.3, -0.25) is 9.59 Å². The van der Waals surface area contributed by atoms with Gasteiger partial charge in [-0.05, 0) is 29.7 Å². The van der Waals surface area contributed by atoms with Gasteiger partial charge < -0.3 is 10.2 Å². The molecule has 0 spiro atoms. The Morgan fingerprint density at radius 3 is 2.39 bits per heavy atom. The first kappa shape index (κ1) is 19.4. The molecule has 0 saturated heterocycles. The highest BCUT2D eigenvalue weighted by atomic mass is 19.4. The van der Waals surface area contributed by atoms with Crippen LogP contribution in [0.15, 0.2) is 66.7 Å². The van der Waals surface area contributed by atoms with Crippen LogP contribution in [0.25, 0.3) is 10.8 Å². The third-order valence-corrected chi connectivity index (χ3v) is 4.23. The van der Waals surface area contributed by atoms with Crippen molar-refractivity contribution >= 4 is 28.3 Å². The summed E-state index contributed by atoms with van der Waals surface area (Å²) in [6, 6.07) is 17.1. The quantitative estimate of drug-likeness (QED) is 0.714. The van der Waals surface area contributed by atoms with Gasteiger partial charge in [0.05, 0.1) is 12.1 Å². The summed E-state index contributed by atoms with van der Waals surface area (Å²) in [7, 11) is 1.37. The highest BCUT2D eigenvalue weighted by Crippen LogP contribution is 2.29. The summed E-state index contributed by atoms with van der Waals surface area (Å²) < 4.78 is 38.5. The number of fused-ring (bicyclic) bond motifs is 1. The normalized spacial score (nSPS) is 11.3. The number of nitrogens with zero attached hydrogens (tertiary/aromatic N) is 1. The van der Waals surface area contributed by atoms with E-state index in [1.165, 1.54) is 19.2 Å². The number of hydrogen-bond acceptors (Lipinski definition) is 2. The van der Waals surface area contributed by atoms with Gasteiger partial charge in [-0.15, -0.1) is 0 Å². The molecule has 0 aliphatic carbocycles. The van der Waals surface area contributed by atoms with E-state index in [9.17, 15) is 22.8 Å². The Kier molecular flexibility index (Phi) is 5.35. The topological polar surface area (TPSA) is 49.4 Å². The van der Waals surface area contributed by atoms with Crippen LogP contribution in [0, 0.1) is 0 Å². The first-order valence-corrected chi connectivity index (χ1v) is 8.46. The Labute approximate surface area is 159 Å². The molecular formula is C21H17F3N2O2. The molecule has 0 bridgehead atoms. The average molecular weight is 386 g/mol. The number of rotatable bonds is 4. The number of benzene rings is 3. The zero-order valence-electron chi connectivity index (χ0n) is 15.0. The van der Waals surface area contributed by atoms with E-state index >= 15 is 0 Å². The fourth-order valence-electron chi connectivity index (χ4n) is 2.86. The zero-order chi connectivity index (χ0) is 20.3. The lowest BCUT2D eigenvalue weighted by atomic mass is 10.1. The van der Waals surface area contributed by atoms with Crippen LogP contribution in [0.4, 0.5) is 18.9 Å². The lowest BCUT2D eigenvalue weighted by molar-refractivity contribution is -0.137. The standard InChI is InChI=1S/C21H17F3N2O2/c1-26(20(28)15-8-4-9-16(12-15)21(22,23)24)13-19(27)25-18-11-5-7-14-6-2-3-10-17(14)18/h2-12H,13H2,1H3,(H,25,27). The third-order valence-electron chi connectivity index (χ3n) is 4.23. The van der Waals surface area contributed by atoms with Crippen LogP contribution in [0.5, 0.6) is 0 Å². The molecular weight excluding hydrogens is 369 g/mol. The predicted octanol–water partition coefficient (Wildman–Crippen LogP) is 4.57. The molecule has 0 atom stereocenters. The molecule has 4 nitrogen and oxygen atoms in total. The first-order chi connectivity index (χ1) is 13.3. The molecule has 0 aromatic heterocycles. The second kappa shape index (κ2) is 7.72. The number of nitrogens with one attached hydrogen (secondary N) is 1. The highest BCUT2D eigenvalue weighted by Gasteiger charge is 2.31. The van der Waals surface area contributed by atoms with E-state index in [0.717, 1.165) is 27.8 Å². The molecule has 144 valence electrons. The van der Waals surface area contributed by atoms with Crippen molar-refractivity contribution in [2.45, 2.75) is 6.18 Å². The number of amides is 2. The molecule has 0 radical (unpaired) electrons. The summed E-state index contributed by atoms with van der Waals surface area (Å²) in [5.74, 6) is -1.11. The van der Waals surface area contributed by atoms with Crippen molar-refractivity contribution in [3.63, 3.8) is 0 Å². The third kappa shape index (κ3) is 4.31. The first-order valence-electron chi connectivity index (χ1n) is 8.46. The van der Waals surface area contributed by atoms with Gasteiger partial charge >= 0.3 is 6.18 Å². The molecule has 0 fully saturated rings. The van der Waals surface area contributed by atoms with Gasteiger partial charge in [0.15, 0.2) is 0 Å². The average Bonchev–Trinajstić information content (AvgIpc) is 2.67. The van der Waals surface area contributed by atoms with Crippen LogP contribution in [0.3, 0.4) is 0 Å². The minimum Gasteiger partial charge on any atom is -0.332 e. The van der Waals surface area contributed by atoms with Crippen LogP contribution >= 0.6 is 0 Å². The number of hydrogen-bond donors (Lipinski definition) is 1. The van der Waals surface area contributed by atoms with Gasteiger partial charge in [0, 0.05) is 23.7 Å². The van der Waals surface area contributed by atoms with Crippen molar-refractivity contribution in [3.05, 3.63) is 77.9 Å². The van der Waals surface area contributed by atoms with Crippen molar-refractivity contribution in [1.82, 2.24) is 4.90 Å². The van der Waals surface area contributed by atoms with E-state index < -0.39 is 23.6 Å². The van der Waals surface area contributed by atoms with E-state index in [2.05, 4.69) is 5.32 Å². The van der Waals surface area contributed by atoms with E-state index in [0.29, 0.717) is 5.69 Å². The Morgan fingerprint density at radius 2 is 1.64 bits per heavy atom. The van der Waals surface area contributed by atoms with Gasteiger partial charge in [0.1, 0.15) is 0 Å². The summed E-state index contributed by atoms with van der Waals surface area (Å²) >= 11 is 0. The molecule has 3 rings (SSSR count). The number of alkyl halides is 3. The molecule has 7 heteroatoms. The molecule has 3 aromatic carbocycles. The molecule has 0 aliphatic rings. The number of likely N-dealkylation sites (N-methyl/N-ethyl adjacent to an activating group) is 1. The zero-order valence-corrected chi connectivity index (χ0v) is 15.0. The van der Waals surface area contributed by atoms with Crippen molar-refractivity contribution in [1.29, 1.82) is 0 Å². The fraction of sp³-hybridized carbons (Fsp3) is 0.143. The second-order valence-electron chi connectivity index (χ2n) is 6.31. The van der Waals surface area contributed by atoms with Gasteiger partial charge in [0.2, 0.25) is 5.91 Å². The predicted molar refractivity (Wildman–Crippen MR) is 101 cm³/mol. The Morgan fingerprint density at radius 1 is 0.964 bits per heavy atom. The molecule has 3 aromatic rings. The van der Waals surface area contributed by atoms with Crippen LogP contribution in [-0.2, 0) is 11.0 Å². The van der Waals surface area contributed by atoms with E-state index in [1.807, 2.05) is 30.3 Å². The van der Waals surface area contributed by atoms with Crippen molar-refractivity contribution in [3.8, 4) is 0 Å². The fourth-order valence-corrected chi connectivity index (χ4v) is 2.86. The lowest BCUT2D eigenvalue weighted by Gasteiger charge is -2.18. The van der Waals surface area contributed by atoms with Crippen LogP contribution in [0.2, 0.25) is 0 Å².